The summed E-state index contributed by atoms with van der Waals surface area (Å²) in [5.41, 5.74) is 1.81. The Balaban J connectivity index is 1.61. The van der Waals surface area contributed by atoms with Gasteiger partial charge in [-0.05, 0) is 66.9 Å². The Hall–Kier alpha value is -4.07. The number of thiophene rings is 1. The highest BCUT2D eigenvalue weighted by Crippen LogP contribution is 2.33. The maximum absolute atomic E-state index is 13.4. The standard InChI is InChI=1S/C28H23ClN2O4S/c1-18-6-3-7-19(14-18)27(32)31-25(17-23-10-5-13-36-23)28(33)30-24-15-20(29)11-12-26(24)35-22-9-4-8-21(16-22)34-2/h3-17H,1-2H3,(H,30,33)(H,31,32)/b25-17-. The molecule has 0 bridgehead atoms. The molecule has 8 heteroatoms. The van der Waals surface area contributed by atoms with Crippen LogP contribution in [0.4, 0.5) is 5.69 Å². The van der Waals surface area contributed by atoms with Crippen LogP contribution in [-0.4, -0.2) is 18.9 Å². The van der Waals surface area contributed by atoms with E-state index in [1.807, 2.05) is 30.5 Å². The molecule has 182 valence electrons. The first-order valence-corrected chi connectivity index (χ1v) is 12.2. The van der Waals surface area contributed by atoms with Gasteiger partial charge in [-0.2, -0.15) is 0 Å². The van der Waals surface area contributed by atoms with Crippen molar-refractivity contribution >= 4 is 46.5 Å². The van der Waals surface area contributed by atoms with Gasteiger partial charge in [0.1, 0.15) is 17.2 Å². The van der Waals surface area contributed by atoms with Crippen LogP contribution in [0.15, 0.2) is 89.9 Å². The van der Waals surface area contributed by atoms with Crippen LogP contribution in [0.1, 0.15) is 20.8 Å². The number of nitrogens with one attached hydrogen (secondary N) is 2. The second-order valence-corrected chi connectivity index (χ2v) is 9.19. The topological polar surface area (TPSA) is 76.7 Å². The summed E-state index contributed by atoms with van der Waals surface area (Å²) in [6, 6.07) is 22.9. The van der Waals surface area contributed by atoms with Crippen LogP contribution >= 0.6 is 22.9 Å². The Labute approximate surface area is 218 Å². The summed E-state index contributed by atoms with van der Waals surface area (Å²) in [4.78, 5) is 27.1. The molecule has 0 unspecified atom stereocenters. The fourth-order valence-corrected chi connectivity index (χ4v) is 4.15. The predicted molar refractivity (Wildman–Crippen MR) is 144 cm³/mol. The molecule has 0 fully saturated rings. The zero-order valence-electron chi connectivity index (χ0n) is 19.6. The van der Waals surface area contributed by atoms with E-state index in [4.69, 9.17) is 21.1 Å². The van der Waals surface area contributed by atoms with Crippen LogP contribution in [0.5, 0.6) is 17.2 Å². The maximum Gasteiger partial charge on any atom is 0.272 e. The van der Waals surface area contributed by atoms with Crippen molar-refractivity contribution in [2.75, 3.05) is 12.4 Å². The number of carbonyl (C=O) groups excluding carboxylic acids is 2. The number of rotatable bonds is 8. The first-order valence-electron chi connectivity index (χ1n) is 11.0. The minimum atomic E-state index is -0.526. The molecule has 1 aromatic heterocycles. The highest BCUT2D eigenvalue weighted by atomic mass is 35.5. The Morgan fingerprint density at radius 1 is 0.944 bits per heavy atom. The van der Waals surface area contributed by atoms with Crippen molar-refractivity contribution in [2.24, 2.45) is 0 Å². The van der Waals surface area contributed by atoms with Crippen LogP contribution in [0.2, 0.25) is 5.02 Å². The van der Waals surface area contributed by atoms with Gasteiger partial charge in [-0.25, -0.2) is 0 Å². The van der Waals surface area contributed by atoms with Crippen LogP contribution in [-0.2, 0) is 4.79 Å². The van der Waals surface area contributed by atoms with E-state index >= 15 is 0 Å². The second kappa shape index (κ2) is 11.6. The van der Waals surface area contributed by atoms with Gasteiger partial charge in [0.2, 0.25) is 0 Å². The van der Waals surface area contributed by atoms with E-state index in [9.17, 15) is 9.59 Å². The summed E-state index contributed by atoms with van der Waals surface area (Å²) in [5.74, 6) is 0.612. The molecule has 6 nitrogen and oxygen atoms in total. The number of benzene rings is 3. The number of anilines is 1. The molecule has 1 heterocycles. The van der Waals surface area contributed by atoms with E-state index in [2.05, 4.69) is 10.6 Å². The first-order chi connectivity index (χ1) is 17.4. The second-order valence-electron chi connectivity index (χ2n) is 7.77. The van der Waals surface area contributed by atoms with Crippen LogP contribution in [0.3, 0.4) is 0 Å². The van der Waals surface area contributed by atoms with E-state index in [1.165, 1.54) is 11.3 Å². The van der Waals surface area contributed by atoms with Gasteiger partial charge in [0.05, 0.1) is 12.8 Å². The number of aryl methyl sites for hydroxylation is 1. The lowest BCUT2D eigenvalue weighted by Crippen LogP contribution is -2.30. The number of hydrogen-bond acceptors (Lipinski definition) is 5. The van der Waals surface area contributed by atoms with Gasteiger partial charge in [-0.1, -0.05) is 41.4 Å². The average molecular weight is 519 g/mol. The fraction of sp³-hybridized carbons (Fsp3) is 0.0714. The lowest BCUT2D eigenvalue weighted by Gasteiger charge is -2.15. The van der Waals surface area contributed by atoms with Gasteiger partial charge in [0.25, 0.3) is 11.8 Å². The van der Waals surface area contributed by atoms with Crippen molar-refractivity contribution in [1.82, 2.24) is 5.32 Å². The van der Waals surface area contributed by atoms with Crippen molar-refractivity contribution in [1.29, 1.82) is 0 Å². The molecule has 0 saturated carbocycles. The number of amides is 2. The zero-order chi connectivity index (χ0) is 25.5. The van der Waals surface area contributed by atoms with E-state index in [-0.39, 0.29) is 5.70 Å². The molecule has 2 N–H and O–H groups in total. The van der Waals surface area contributed by atoms with E-state index in [0.717, 1.165) is 10.4 Å². The summed E-state index contributed by atoms with van der Waals surface area (Å²) in [7, 11) is 1.57. The van der Waals surface area contributed by atoms with Crippen molar-refractivity contribution in [3.8, 4) is 17.2 Å². The summed E-state index contributed by atoms with van der Waals surface area (Å²) < 4.78 is 11.3. The Kier molecular flexibility index (Phi) is 8.05. The lowest BCUT2D eigenvalue weighted by atomic mass is 10.1. The van der Waals surface area contributed by atoms with Crippen molar-refractivity contribution in [3.05, 3.63) is 111 Å². The van der Waals surface area contributed by atoms with Crippen molar-refractivity contribution < 1.29 is 19.1 Å². The largest absolute Gasteiger partial charge is 0.497 e. The number of hydrogen-bond donors (Lipinski definition) is 2. The maximum atomic E-state index is 13.4. The molecule has 0 spiro atoms. The van der Waals surface area contributed by atoms with E-state index in [1.54, 1.807) is 73.8 Å². The summed E-state index contributed by atoms with van der Waals surface area (Å²) in [6.07, 6.45) is 1.63. The zero-order valence-corrected chi connectivity index (χ0v) is 21.2. The van der Waals surface area contributed by atoms with Gasteiger partial charge in [0, 0.05) is 21.5 Å². The number of methoxy groups -OCH3 is 1. The minimum absolute atomic E-state index is 0.0799. The normalized spacial score (nSPS) is 11.0. The monoisotopic (exact) mass is 518 g/mol. The highest BCUT2D eigenvalue weighted by molar-refractivity contribution is 7.10. The quantitative estimate of drug-likeness (QED) is 0.248. The molecule has 0 radical (unpaired) electrons. The number of carbonyl (C=O) groups is 2. The molecule has 2 amide bonds. The fourth-order valence-electron chi connectivity index (χ4n) is 3.33. The Morgan fingerprint density at radius 3 is 2.50 bits per heavy atom. The third kappa shape index (κ3) is 6.53. The third-order valence-corrected chi connectivity index (χ3v) is 6.12. The van der Waals surface area contributed by atoms with Gasteiger partial charge in [0.15, 0.2) is 5.75 Å². The summed E-state index contributed by atoms with van der Waals surface area (Å²) in [6.45, 7) is 1.90. The van der Waals surface area contributed by atoms with Crippen molar-refractivity contribution in [3.63, 3.8) is 0 Å². The SMILES string of the molecule is COc1cccc(Oc2ccc(Cl)cc2NC(=O)/C(=C/c2cccs2)NC(=O)c2cccc(C)c2)c1. The first kappa shape index (κ1) is 25.0. The summed E-state index contributed by atoms with van der Waals surface area (Å²) >= 11 is 7.66. The Morgan fingerprint density at radius 2 is 1.75 bits per heavy atom. The van der Waals surface area contributed by atoms with Crippen LogP contribution in [0, 0.1) is 6.92 Å². The molecule has 0 aliphatic rings. The summed E-state index contributed by atoms with van der Waals surface area (Å²) in [5, 5.41) is 7.87. The molecule has 0 aliphatic carbocycles. The van der Waals surface area contributed by atoms with Crippen LogP contribution < -0.4 is 20.1 Å². The molecule has 4 aromatic rings. The average Bonchev–Trinajstić information content (AvgIpc) is 3.38. The lowest BCUT2D eigenvalue weighted by molar-refractivity contribution is -0.113. The Bertz CT molecular complexity index is 1420. The highest BCUT2D eigenvalue weighted by Gasteiger charge is 2.18. The third-order valence-electron chi connectivity index (χ3n) is 5.06. The molecule has 4 rings (SSSR count). The van der Waals surface area contributed by atoms with Crippen molar-refractivity contribution in [2.45, 2.75) is 6.92 Å². The van der Waals surface area contributed by atoms with Gasteiger partial charge in [-0.3, -0.25) is 9.59 Å². The van der Waals surface area contributed by atoms with Crippen LogP contribution in [0.25, 0.3) is 6.08 Å². The molecular formula is C28H23ClN2O4S. The predicted octanol–water partition coefficient (Wildman–Crippen LogP) is 6.92. The smallest absolute Gasteiger partial charge is 0.272 e. The van der Waals surface area contributed by atoms with Gasteiger partial charge >= 0.3 is 0 Å². The van der Waals surface area contributed by atoms with E-state index in [0.29, 0.717) is 33.5 Å². The minimum Gasteiger partial charge on any atom is -0.497 e. The molecule has 0 saturated heterocycles. The van der Waals surface area contributed by atoms with Gasteiger partial charge in [-0.15, -0.1) is 11.3 Å². The van der Waals surface area contributed by atoms with Gasteiger partial charge < -0.3 is 20.1 Å². The van der Waals surface area contributed by atoms with E-state index < -0.39 is 11.8 Å². The molecule has 36 heavy (non-hydrogen) atoms. The molecule has 0 aliphatic heterocycles. The number of ether oxygens (including phenoxy) is 2. The molecular weight excluding hydrogens is 496 g/mol. The number of halogens is 1. The molecule has 3 aromatic carbocycles. The molecule has 0 atom stereocenters.